The SMILES string of the molecule is Cc1c(F)c(NC(=O)c2cc(NC(=O)[C@H]3CC3(Cl)Cl)ccc2Cl)cc(NC(=O)C(F)F)c1F. The maximum atomic E-state index is 14.5. The Morgan fingerprint density at radius 2 is 1.61 bits per heavy atom. The van der Waals surface area contributed by atoms with Crippen molar-refractivity contribution in [3.8, 4) is 0 Å². The molecule has 1 atom stereocenters. The van der Waals surface area contributed by atoms with E-state index in [-0.39, 0.29) is 22.7 Å². The van der Waals surface area contributed by atoms with Crippen LogP contribution in [0.15, 0.2) is 24.3 Å². The third kappa shape index (κ3) is 5.51. The highest BCUT2D eigenvalue weighted by Gasteiger charge is 2.56. The average molecular weight is 527 g/mol. The summed E-state index contributed by atoms with van der Waals surface area (Å²) in [6.07, 6.45) is -3.18. The summed E-state index contributed by atoms with van der Waals surface area (Å²) in [5.41, 5.74) is -1.99. The number of nitrogens with one attached hydrogen (secondary N) is 3. The first-order chi connectivity index (χ1) is 15.3. The minimum Gasteiger partial charge on any atom is -0.326 e. The number of hydrogen-bond donors (Lipinski definition) is 3. The Kier molecular flexibility index (Phi) is 7.11. The molecule has 2 aromatic carbocycles. The lowest BCUT2D eigenvalue weighted by atomic mass is 10.1. The molecule has 0 unspecified atom stereocenters. The fourth-order valence-electron chi connectivity index (χ4n) is 2.83. The van der Waals surface area contributed by atoms with E-state index in [1.165, 1.54) is 18.2 Å². The van der Waals surface area contributed by atoms with E-state index in [1.807, 2.05) is 0 Å². The van der Waals surface area contributed by atoms with Crippen LogP contribution in [0.5, 0.6) is 0 Å². The lowest BCUT2D eigenvalue weighted by Crippen LogP contribution is -2.22. The maximum Gasteiger partial charge on any atom is 0.315 e. The molecule has 13 heteroatoms. The highest BCUT2D eigenvalue weighted by Crippen LogP contribution is 2.53. The van der Waals surface area contributed by atoms with Crippen LogP contribution in [0, 0.1) is 24.5 Å². The van der Waals surface area contributed by atoms with Gasteiger partial charge in [-0.2, -0.15) is 8.78 Å². The van der Waals surface area contributed by atoms with Gasteiger partial charge in [0.1, 0.15) is 4.33 Å². The monoisotopic (exact) mass is 525 g/mol. The van der Waals surface area contributed by atoms with Crippen molar-refractivity contribution in [1.29, 1.82) is 0 Å². The van der Waals surface area contributed by atoms with Gasteiger partial charge in [-0.05, 0) is 37.6 Å². The fraction of sp³-hybridized carbons (Fsp3) is 0.250. The smallest absolute Gasteiger partial charge is 0.315 e. The third-order valence-electron chi connectivity index (χ3n) is 4.75. The van der Waals surface area contributed by atoms with Gasteiger partial charge in [-0.25, -0.2) is 8.78 Å². The molecule has 0 radical (unpaired) electrons. The van der Waals surface area contributed by atoms with E-state index >= 15 is 0 Å². The molecule has 6 nitrogen and oxygen atoms in total. The summed E-state index contributed by atoms with van der Waals surface area (Å²) in [4.78, 5) is 36.0. The van der Waals surface area contributed by atoms with Crippen LogP contribution >= 0.6 is 34.8 Å². The van der Waals surface area contributed by atoms with Crippen molar-refractivity contribution in [3.05, 3.63) is 52.0 Å². The van der Waals surface area contributed by atoms with Crippen molar-refractivity contribution >= 4 is 69.6 Å². The number of benzene rings is 2. The Hall–Kier alpha value is -2.56. The van der Waals surface area contributed by atoms with E-state index < -0.39 is 63.0 Å². The van der Waals surface area contributed by atoms with Crippen LogP contribution in [0.3, 0.4) is 0 Å². The number of rotatable bonds is 6. The number of alkyl halides is 4. The van der Waals surface area contributed by atoms with Crippen molar-refractivity contribution in [2.75, 3.05) is 16.0 Å². The average Bonchev–Trinajstić information content (AvgIpc) is 3.39. The third-order valence-corrected chi connectivity index (χ3v) is 5.91. The van der Waals surface area contributed by atoms with Gasteiger partial charge in [-0.15, -0.1) is 23.2 Å². The first-order valence-electron chi connectivity index (χ1n) is 9.19. The Bertz CT molecular complexity index is 1160. The minimum absolute atomic E-state index is 0.0635. The first-order valence-corrected chi connectivity index (χ1v) is 10.3. The Morgan fingerprint density at radius 1 is 1.03 bits per heavy atom. The van der Waals surface area contributed by atoms with Crippen LogP contribution in [0.4, 0.5) is 34.6 Å². The van der Waals surface area contributed by atoms with Crippen LogP contribution in [0.2, 0.25) is 5.02 Å². The molecule has 3 N–H and O–H groups in total. The molecule has 1 fully saturated rings. The topological polar surface area (TPSA) is 87.3 Å². The van der Waals surface area contributed by atoms with Crippen molar-refractivity contribution in [2.24, 2.45) is 5.92 Å². The van der Waals surface area contributed by atoms with Gasteiger partial charge in [0.25, 0.3) is 11.8 Å². The van der Waals surface area contributed by atoms with E-state index in [9.17, 15) is 31.9 Å². The molecule has 2 aromatic rings. The van der Waals surface area contributed by atoms with Crippen LogP contribution in [-0.4, -0.2) is 28.5 Å². The molecule has 176 valence electrons. The van der Waals surface area contributed by atoms with Crippen LogP contribution in [-0.2, 0) is 9.59 Å². The zero-order valence-electron chi connectivity index (χ0n) is 16.5. The van der Waals surface area contributed by atoms with Gasteiger partial charge in [0, 0.05) is 11.3 Å². The Morgan fingerprint density at radius 3 is 2.15 bits per heavy atom. The first kappa shape index (κ1) is 25.1. The lowest BCUT2D eigenvalue weighted by Gasteiger charge is -2.14. The zero-order chi connectivity index (χ0) is 24.7. The van der Waals surface area contributed by atoms with Gasteiger partial charge in [0.2, 0.25) is 5.91 Å². The summed E-state index contributed by atoms with van der Waals surface area (Å²) in [6.45, 7) is 0.993. The summed E-state index contributed by atoms with van der Waals surface area (Å²) < 4.78 is 52.5. The summed E-state index contributed by atoms with van der Waals surface area (Å²) >= 11 is 17.7. The second-order valence-corrected chi connectivity index (χ2v) is 9.12. The molecular weight excluding hydrogens is 513 g/mol. The van der Waals surface area contributed by atoms with Gasteiger partial charge in [-0.3, -0.25) is 14.4 Å². The number of carbonyl (C=O) groups is 3. The summed E-state index contributed by atoms with van der Waals surface area (Å²) in [6, 6.07) is 4.57. The summed E-state index contributed by atoms with van der Waals surface area (Å²) in [5.74, 6) is -6.34. The van der Waals surface area contributed by atoms with Crippen molar-refractivity contribution in [1.82, 2.24) is 0 Å². The van der Waals surface area contributed by atoms with Gasteiger partial charge >= 0.3 is 6.43 Å². The van der Waals surface area contributed by atoms with E-state index in [1.54, 1.807) is 5.32 Å². The second-order valence-electron chi connectivity index (χ2n) is 7.17. The predicted octanol–water partition coefficient (Wildman–Crippen LogP) is 5.51. The Balaban J connectivity index is 1.84. The molecule has 3 amide bonds. The highest BCUT2D eigenvalue weighted by molar-refractivity contribution is 6.52. The molecule has 0 bridgehead atoms. The fourth-order valence-corrected chi connectivity index (χ4v) is 3.54. The lowest BCUT2D eigenvalue weighted by molar-refractivity contribution is -0.126. The molecule has 0 aliphatic heterocycles. The van der Waals surface area contributed by atoms with Crippen molar-refractivity contribution in [3.63, 3.8) is 0 Å². The van der Waals surface area contributed by atoms with E-state index in [0.29, 0.717) is 6.07 Å². The molecule has 33 heavy (non-hydrogen) atoms. The normalized spacial score (nSPS) is 16.3. The van der Waals surface area contributed by atoms with E-state index in [2.05, 4.69) is 10.6 Å². The van der Waals surface area contributed by atoms with Gasteiger partial charge in [0.15, 0.2) is 11.6 Å². The van der Waals surface area contributed by atoms with Gasteiger partial charge < -0.3 is 16.0 Å². The largest absolute Gasteiger partial charge is 0.326 e. The summed E-state index contributed by atoms with van der Waals surface area (Å²) in [7, 11) is 0. The molecule has 0 spiro atoms. The highest BCUT2D eigenvalue weighted by atomic mass is 35.5. The van der Waals surface area contributed by atoms with Gasteiger partial charge in [0.05, 0.1) is 27.9 Å². The standard InChI is InChI=1S/C20H14Cl3F4N3O3/c1-7-14(24)12(5-13(15(7)25)30-19(33)16(26)27)29-17(31)9-4-8(2-3-11(9)21)28-18(32)10-6-20(10,22)23/h2-5,10,16H,6H2,1H3,(H,28,32)(H,29,31)(H,30,33)/t10-/m1/s1. The molecule has 0 heterocycles. The number of carbonyl (C=O) groups excluding carboxylic acids is 3. The quantitative estimate of drug-likeness (QED) is 0.342. The molecule has 1 saturated carbocycles. The molecule has 0 saturated heterocycles. The van der Waals surface area contributed by atoms with Crippen molar-refractivity contribution < 1.29 is 31.9 Å². The molecule has 1 aliphatic rings. The minimum atomic E-state index is -3.44. The predicted molar refractivity (Wildman–Crippen MR) is 116 cm³/mol. The molecule has 1 aliphatic carbocycles. The van der Waals surface area contributed by atoms with Crippen molar-refractivity contribution in [2.45, 2.75) is 24.1 Å². The molecule has 0 aromatic heterocycles. The molecule has 3 rings (SSSR count). The maximum absolute atomic E-state index is 14.5. The van der Waals surface area contributed by atoms with Crippen LogP contribution < -0.4 is 16.0 Å². The number of anilines is 3. The zero-order valence-corrected chi connectivity index (χ0v) is 18.8. The second kappa shape index (κ2) is 9.36. The van der Waals surface area contributed by atoms with Gasteiger partial charge in [-0.1, -0.05) is 11.6 Å². The molecular formula is C20H14Cl3F4N3O3. The van der Waals surface area contributed by atoms with Crippen LogP contribution in [0.25, 0.3) is 0 Å². The van der Waals surface area contributed by atoms with E-state index in [4.69, 9.17) is 34.8 Å². The number of amides is 3. The summed E-state index contributed by atoms with van der Waals surface area (Å²) in [5, 5.41) is 6.23. The number of halogens is 7. The number of hydrogen-bond acceptors (Lipinski definition) is 3. The van der Waals surface area contributed by atoms with Crippen LogP contribution in [0.1, 0.15) is 22.3 Å². The Labute approximate surface area is 199 Å². The van der Waals surface area contributed by atoms with E-state index in [0.717, 1.165) is 6.92 Å².